The molecule has 0 unspecified atom stereocenters. The highest BCUT2D eigenvalue weighted by Gasteiger charge is 2.26. The number of carbonyl (C=O) groups excluding carboxylic acids is 1. The Kier molecular flexibility index (Phi) is 5.49. The number of nitrogens with zero attached hydrogens (tertiary/aromatic N) is 4. The quantitative estimate of drug-likeness (QED) is 0.855. The molecule has 5 nitrogen and oxygen atoms in total. The first kappa shape index (κ1) is 17.3. The zero-order chi connectivity index (χ0) is 17.1. The molecule has 1 amide bonds. The van der Waals surface area contributed by atoms with E-state index in [4.69, 9.17) is 0 Å². The Labute approximate surface area is 145 Å². The molecule has 3 rings (SSSR count). The fourth-order valence-electron chi connectivity index (χ4n) is 4.08. The molecule has 0 radical (unpaired) electrons. The van der Waals surface area contributed by atoms with Gasteiger partial charge in [0.15, 0.2) is 0 Å². The topological polar surface area (TPSA) is 49.3 Å². The number of amides is 1. The van der Waals surface area contributed by atoms with Gasteiger partial charge in [0.05, 0.1) is 0 Å². The van der Waals surface area contributed by atoms with Crippen molar-refractivity contribution in [2.75, 3.05) is 27.2 Å². The summed E-state index contributed by atoms with van der Waals surface area (Å²) in [6, 6.07) is 2.21. The zero-order valence-corrected chi connectivity index (χ0v) is 15.3. The summed E-state index contributed by atoms with van der Waals surface area (Å²) in [4.78, 5) is 26.5. The van der Waals surface area contributed by atoms with Gasteiger partial charge in [0, 0.05) is 31.2 Å². The van der Waals surface area contributed by atoms with Crippen LogP contribution < -0.4 is 0 Å². The first-order valence-corrected chi connectivity index (χ1v) is 9.36. The number of carbonyl (C=O) groups is 1. The van der Waals surface area contributed by atoms with E-state index in [0.29, 0.717) is 17.7 Å². The smallest absolute Gasteiger partial charge is 0.272 e. The largest absolute Gasteiger partial charge is 0.337 e. The molecule has 1 aromatic rings. The average Bonchev–Trinajstić information content (AvgIpc) is 2.60. The Balaban J connectivity index is 1.78. The van der Waals surface area contributed by atoms with Crippen LogP contribution in [0.4, 0.5) is 0 Å². The van der Waals surface area contributed by atoms with Crippen molar-refractivity contribution in [1.82, 2.24) is 19.8 Å². The molecule has 5 heteroatoms. The molecule has 0 bridgehead atoms. The minimum absolute atomic E-state index is 0.0535. The summed E-state index contributed by atoms with van der Waals surface area (Å²) in [5, 5.41) is 0. The van der Waals surface area contributed by atoms with E-state index >= 15 is 0 Å². The summed E-state index contributed by atoms with van der Waals surface area (Å²) < 4.78 is 0. The maximum atomic E-state index is 12.9. The molecule has 1 saturated heterocycles. The number of hydrogen-bond acceptors (Lipinski definition) is 4. The maximum absolute atomic E-state index is 12.9. The van der Waals surface area contributed by atoms with E-state index < -0.39 is 0 Å². The van der Waals surface area contributed by atoms with Crippen LogP contribution in [0.5, 0.6) is 0 Å². The minimum atomic E-state index is 0.0535. The third kappa shape index (κ3) is 3.94. The van der Waals surface area contributed by atoms with Gasteiger partial charge in [-0.1, -0.05) is 19.3 Å². The second-order valence-electron chi connectivity index (χ2n) is 7.56. The summed E-state index contributed by atoms with van der Waals surface area (Å²) in [6.45, 7) is 4.09. The maximum Gasteiger partial charge on any atom is 0.272 e. The van der Waals surface area contributed by atoms with Gasteiger partial charge in [0.1, 0.15) is 11.5 Å². The standard InChI is InChI=1S/C19H30N4O/c1-14-12-17(19(24)23(3)16-9-5-4-6-10-16)21-18(20-14)15-8-7-11-22(2)13-15/h12,15-16H,4-11,13H2,1-3H3/t15-/m1/s1. The summed E-state index contributed by atoms with van der Waals surface area (Å²) in [7, 11) is 4.08. The molecular weight excluding hydrogens is 300 g/mol. The summed E-state index contributed by atoms with van der Waals surface area (Å²) in [6.07, 6.45) is 8.27. The molecule has 1 aliphatic heterocycles. The van der Waals surface area contributed by atoms with Crippen LogP contribution in [0.1, 0.15) is 72.9 Å². The Morgan fingerprint density at radius 1 is 1.17 bits per heavy atom. The van der Waals surface area contributed by atoms with E-state index in [-0.39, 0.29) is 5.91 Å². The lowest BCUT2D eigenvalue weighted by Gasteiger charge is -2.31. The molecule has 1 saturated carbocycles. The van der Waals surface area contributed by atoms with Crippen LogP contribution >= 0.6 is 0 Å². The first-order valence-electron chi connectivity index (χ1n) is 9.36. The van der Waals surface area contributed by atoms with E-state index in [1.54, 1.807) is 0 Å². The molecule has 1 aliphatic carbocycles. The van der Waals surface area contributed by atoms with Crippen LogP contribution in [0.15, 0.2) is 6.07 Å². The number of likely N-dealkylation sites (tertiary alicyclic amines) is 1. The van der Waals surface area contributed by atoms with Crippen LogP contribution in [0.2, 0.25) is 0 Å². The lowest BCUT2D eigenvalue weighted by atomic mass is 9.94. The molecule has 1 atom stereocenters. The van der Waals surface area contributed by atoms with E-state index in [0.717, 1.165) is 43.9 Å². The van der Waals surface area contributed by atoms with E-state index in [9.17, 15) is 4.79 Å². The molecule has 1 aromatic heterocycles. The van der Waals surface area contributed by atoms with E-state index in [1.165, 1.54) is 25.7 Å². The van der Waals surface area contributed by atoms with Crippen LogP contribution in [0.25, 0.3) is 0 Å². The van der Waals surface area contributed by atoms with Gasteiger partial charge < -0.3 is 9.80 Å². The molecule has 2 aliphatic rings. The molecular formula is C19H30N4O. The molecule has 0 spiro atoms. The highest BCUT2D eigenvalue weighted by Crippen LogP contribution is 2.25. The molecule has 24 heavy (non-hydrogen) atoms. The monoisotopic (exact) mass is 330 g/mol. The lowest BCUT2D eigenvalue weighted by Crippen LogP contribution is -2.39. The van der Waals surface area contributed by atoms with Gasteiger partial charge in [0.25, 0.3) is 5.91 Å². The summed E-state index contributed by atoms with van der Waals surface area (Å²) in [5.74, 6) is 1.25. The SMILES string of the molecule is Cc1cc(C(=O)N(C)C2CCCCC2)nc([C@@H]2CCCN(C)C2)n1. The van der Waals surface area contributed by atoms with Gasteiger partial charge in [-0.3, -0.25) is 4.79 Å². The van der Waals surface area contributed by atoms with Crippen molar-refractivity contribution in [3.63, 3.8) is 0 Å². The van der Waals surface area contributed by atoms with Gasteiger partial charge in [-0.2, -0.15) is 0 Å². The molecule has 0 N–H and O–H groups in total. The molecule has 2 heterocycles. The lowest BCUT2D eigenvalue weighted by molar-refractivity contribution is 0.0689. The van der Waals surface area contributed by atoms with E-state index in [2.05, 4.69) is 21.9 Å². The number of aromatic nitrogens is 2. The molecule has 132 valence electrons. The molecule has 2 fully saturated rings. The van der Waals surface area contributed by atoms with Crippen LogP contribution in [-0.4, -0.2) is 58.9 Å². The number of rotatable bonds is 3. The third-order valence-electron chi connectivity index (χ3n) is 5.52. The van der Waals surface area contributed by atoms with Crippen molar-refractivity contribution in [3.8, 4) is 0 Å². The van der Waals surface area contributed by atoms with Gasteiger partial charge >= 0.3 is 0 Å². The minimum Gasteiger partial charge on any atom is -0.337 e. The average molecular weight is 330 g/mol. The predicted octanol–water partition coefficient (Wildman–Crippen LogP) is 3.00. The highest BCUT2D eigenvalue weighted by molar-refractivity contribution is 5.92. The Bertz CT molecular complexity index is 583. The highest BCUT2D eigenvalue weighted by atomic mass is 16.2. The van der Waals surface area contributed by atoms with E-state index in [1.807, 2.05) is 24.9 Å². The Hall–Kier alpha value is -1.49. The first-order chi connectivity index (χ1) is 11.5. The third-order valence-corrected chi connectivity index (χ3v) is 5.52. The second-order valence-corrected chi connectivity index (χ2v) is 7.56. The Morgan fingerprint density at radius 3 is 2.62 bits per heavy atom. The van der Waals surface area contributed by atoms with Crippen molar-refractivity contribution in [3.05, 3.63) is 23.3 Å². The van der Waals surface area contributed by atoms with Crippen LogP contribution in [0.3, 0.4) is 0 Å². The van der Waals surface area contributed by atoms with Crippen LogP contribution in [-0.2, 0) is 0 Å². The van der Waals surface area contributed by atoms with Crippen molar-refractivity contribution < 1.29 is 4.79 Å². The second kappa shape index (κ2) is 7.60. The van der Waals surface area contributed by atoms with Crippen molar-refractivity contribution in [2.24, 2.45) is 0 Å². The summed E-state index contributed by atoms with van der Waals surface area (Å²) >= 11 is 0. The van der Waals surface area contributed by atoms with Crippen molar-refractivity contribution >= 4 is 5.91 Å². The fourth-order valence-corrected chi connectivity index (χ4v) is 4.08. The zero-order valence-electron chi connectivity index (χ0n) is 15.3. The van der Waals surface area contributed by atoms with Crippen molar-refractivity contribution in [1.29, 1.82) is 0 Å². The number of hydrogen-bond donors (Lipinski definition) is 0. The van der Waals surface area contributed by atoms with Gasteiger partial charge in [0.2, 0.25) is 0 Å². The van der Waals surface area contributed by atoms with Gasteiger partial charge in [-0.25, -0.2) is 9.97 Å². The Morgan fingerprint density at radius 2 is 1.92 bits per heavy atom. The van der Waals surface area contributed by atoms with Gasteiger partial charge in [-0.15, -0.1) is 0 Å². The van der Waals surface area contributed by atoms with Crippen LogP contribution in [0, 0.1) is 6.92 Å². The van der Waals surface area contributed by atoms with Crippen molar-refractivity contribution in [2.45, 2.75) is 63.8 Å². The number of aryl methyl sites for hydroxylation is 1. The normalized spacial score (nSPS) is 23.2. The fraction of sp³-hybridized carbons (Fsp3) is 0.737. The summed E-state index contributed by atoms with van der Waals surface area (Å²) in [5.41, 5.74) is 1.47. The number of piperidine rings is 1. The predicted molar refractivity (Wildman–Crippen MR) is 95.2 cm³/mol. The number of likely N-dealkylation sites (N-methyl/N-ethyl adjacent to an activating group) is 1. The van der Waals surface area contributed by atoms with Gasteiger partial charge in [-0.05, 0) is 52.3 Å². The molecule has 0 aromatic carbocycles.